The maximum absolute atomic E-state index is 12.0. The molecule has 0 saturated carbocycles. The highest BCUT2D eigenvalue weighted by molar-refractivity contribution is 5.91. The number of pyridine rings is 1. The highest BCUT2D eigenvalue weighted by Crippen LogP contribution is 2.16. The molecule has 5 heteroatoms. The van der Waals surface area contributed by atoms with Crippen molar-refractivity contribution < 1.29 is 4.79 Å². The van der Waals surface area contributed by atoms with Gasteiger partial charge in [0.15, 0.2) is 0 Å². The van der Waals surface area contributed by atoms with Gasteiger partial charge in [-0.05, 0) is 36.3 Å². The fraction of sp³-hybridized carbons (Fsp3) is 0.105. The Balaban J connectivity index is 1.68. The lowest BCUT2D eigenvalue weighted by Gasteiger charge is -2.12. The number of aromatic nitrogens is 3. The lowest BCUT2D eigenvalue weighted by atomic mass is 10.1. The molecule has 1 amide bonds. The Hall–Kier alpha value is -3.21. The Kier molecular flexibility index (Phi) is 4.81. The van der Waals surface area contributed by atoms with Crippen LogP contribution in [0.3, 0.4) is 0 Å². The standard InChI is InChI=1S/C19H18N4O/c1-15-21-11-12-23(15)18-7-3-2-6-17(18)14-22-19(24)9-8-16-5-4-10-20-13-16/h2-13H,14H2,1H3,(H,22,24). The van der Waals surface area contributed by atoms with Gasteiger partial charge >= 0.3 is 0 Å². The average molecular weight is 318 g/mol. The first kappa shape index (κ1) is 15.7. The highest BCUT2D eigenvalue weighted by atomic mass is 16.1. The summed E-state index contributed by atoms with van der Waals surface area (Å²) < 4.78 is 2.01. The summed E-state index contributed by atoms with van der Waals surface area (Å²) in [6, 6.07) is 11.7. The van der Waals surface area contributed by atoms with Crippen LogP contribution in [0.15, 0.2) is 67.3 Å². The molecular weight excluding hydrogens is 300 g/mol. The number of carbonyl (C=O) groups is 1. The van der Waals surface area contributed by atoms with Crippen LogP contribution < -0.4 is 5.32 Å². The van der Waals surface area contributed by atoms with Crippen LogP contribution in [0.1, 0.15) is 17.0 Å². The zero-order valence-electron chi connectivity index (χ0n) is 13.4. The maximum Gasteiger partial charge on any atom is 0.244 e. The molecule has 0 aliphatic carbocycles. The van der Waals surface area contributed by atoms with E-state index in [0.717, 1.165) is 22.6 Å². The molecule has 0 bridgehead atoms. The van der Waals surface area contributed by atoms with Crippen molar-refractivity contribution in [2.24, 2.45) is 0 Å². The summed E-state index contributed by atoms with van der Waals surface area (Å²) in [4.78, 5) is 20.3. The second-order valence-corrected chi connectivity index (χ2v) is 5.31. The quantitative estimate of drug-likeness (QED) is 0.736. The molecule has 1 N–H and O–H groups in total. The lowest BCUT2D eigenvalue weighted by molar-refractivity contribution is -0.116. The van der Waals surface area contributed by atoms with E-state index < -0.39 is 0 Å². The van der Waals surface area contributed by atoms with Crippen molar-refractivity contribution >= 4 is 12.0 Å². The number of carbonyl (C=O) groups excluding carboxylic acids is 1. The summed E-state index contributed by atoms with van der Waals surface area (Å²) in [5.74, 6) is 0.765. The van der Waals surface area contributed by atoms with Gasteiger partial charge in [-0.3, -0.25) is 9.78 Å². The normalized spacial score (nSPS) is 10.9. The zero-order valence-corrected chi connectivity index (χ0v) is 13.4. The van der Waals surface area contributed by atoms with Crippen LogP contribution in [-0.4, -0.2) is 20.4 Å². The minimum Gasteiger partial charge on any atom is -0.348 e. The summed E-state index contributed by atoms with van der Waals surface area (Å²) in [5, 5.41) is 2.91. The first-order chi connectivity index (χ1) is 11.7. The summed E-state index contributed by atoms with van der Waals surface area (Å²) >= 11 is 0. The Labute approximate surface area is 140 Å². The topological polar surface area (TPSA) is 59.8 Å². The number of nitrogens with one attached hydrogen (secondary N) is 1. The first-order valence-corrected chi connectivity index (χ1v) is 7.68. The van der Waals surface area contributed by atoms with E-state index in [1.807, 2.05) is 54.1 Å². The van der Waals surface area contributed by atoms with Gasteiger partial charge in [-0.25, -0.2) is 4.98 Å². The summed E-state index contributed by atoms with van der Waals surface area (Å²) in [7, 11) is 0. The third kappa shape index (κ3) is 3.76. The van der Waals surface area contributed by atoms with Crippen LogP contribution in [0, 0.1) is 6.92 Å². The van der Waals surface area contributed by atoms with Gasteiger partial charge in [0.25, 0.3) is 0 Å². The summed E-state index contributed by atoms with van der Waals surface area (Å²) in [5.41, 5.74) is 2.94. The van der Waals surface area contributed by atoms with Crippen LogP contribution >= 0.6 is 0 Å². The molecule has 0 aliphatic heterocycles. The van der Waals surface area contributed by atoms with Crippen LogP contribution in [0.2, 0.25) is 0 Å². The molecule has 2 heterocycles. The summed E-state index contributed by atoms with van der Waals surface area (Å²) in [6.45, 7) is 2.40. The molecule has 2 aromatic heterocycles. The van der Waals surface area contributed by atoms with Crippen molar-refractivity contribution in [2.45, 2.75) is 13.5 Å². The lowest BCUT2D eigenvalue weighted by Crippen LogP contribution is -2.21. The third-order valence-corrected chi connectivity index (χ3v) is 3.64. The van der Waals surface area contributed by atoms with E-state index in [1.165, 1.54) is 6.08 Å². The van der Waals surface area contributed by atoms with Crippen molar-refractivity contribution in [3.8, 4) is 5.69 Å². The minimum atomic E-state index is -0.143. The molecule has 0 atom stereocenters. The molecule has 24 heavy (non-hydrogen) atoms. The number of aryl methyl sites for hydroxylation is 1. The number of rotatable bonds is 5. The predicted octanol–water partition coefficient (Wildman–Crippen LogP) is 2.91. The monoisotopic (exact) mass is 318 g/mol. The molecule has 3 rings (SSSR count). The molecule has 1 aromatic carbocycles. The van der Waals surface area contributed by atoms with Crippen molar-refractivity contribution in [3.63, 3.8) is 0 Å². The van der Waals surface area contributed by atoms with Gasteiger partial charge in [0.1, 0.15) is 5.82 Å². The van der Waals surface area contributed by atoms with E-state index in [1.54, 1.807) is 24.7 Å². The van der Waals surface area contributed by atoms with Gasteiger partial charge in [0.05, 0.1) is 5.69 Å². The molecule has 120 valence electrons. The number of amides is 1. The van der Waals surface area contributed by atoms with Crippen LogP contribution in [0.25, 0.3) is 11.8 Å². The Morgan fingerprint density at radius 2 is 2.08 bits per heavy atom. The fourth-order valence-electron chi connectivity index (χ4n) is 2.42. The maximum atomic E-state index is 12.0. The SMILES string of the molecule is Cc1nccn1-c1ccccc1CNC(=O)C=Cc1cccnc1. The number of para-hydroxylation sites is 1. The smallest absolute Gasteiger partial charge is 0.244 e. The second-order valence-electron chi connectivity index (χ2n) is 5.31. The van der Waals surface area contributed by atoms with Gasteiger partial charge in [-0.1, -0.05) is 24.3 Å². The Morgan fingerprint density at radius 3 is 2.83 bits per heavy atom. The van der Waals surface area contributed by atoms with Gasteiger partial charge < -0.3 is 9.88 Å². The van der Waals surface area contributed by atoms with Gasteiger partial charge in [0, 0.05) is 37.4 Å². The van der Waals surface area contributed by atoms with Crippen LogP contribution in [-0.2, 0) is 11.3 Å². The van der Waals surface area contributed by atoms with E-state index in [4.69, 9.17) is 0 Å². The van der Waals surface area contributed by atoms with E-state index in [-0.39, 0.29) is 5.91 Å². The highest BCUT2D eigenvalue weighted by Gasteiger charge is 2.07. The third-order valence-electron chi connectivity index (χ3n) is 3.64. The molecule has 0 radical (unpaired) electrons. The van der Waals surface area contributed by atoms with E-state index >= 15 is 0 Å². The number of benzene rings is 1. The molecule has 3 aromatic rings. The van der Waals surface area contributed by atoms with Crippen molar-refractivity contribution in [2.75, 3.05) is 0 Å². The van der Waals surface area contributed by atoms with E-state index in [0.29, 0.717) is 6.54 Å². The zero-order chi connectivity index (χ0) is 16.8. The average Bonchev–Trinajstić information content (AvgIpc) is 3.05. The molecule has 0 spiro atoms. The van der Waals surface area contributed by atoms with Crippen LogP contribution in [0.4, 0.5) is 0 Å². The molecular formula is C19H18N4O. The number of imidazole rings is 1. The minimum absolute atomic E-state index is 0.143. The fourth-order valence-corrected chi connectivity index (χ4v) is 2.42. The van der Waals surface area contributed by atoms with Crippen LogP contribution in [0.5, 0.6) is 0 Å². The van der Waals surface area contributed by atoms with E-state index in [9.17, 15) is 4.79 Å². The van der Waals surface area contributed by atoms with Crippen molar-refractivity contribution in [3.05, 3.63) is 84.2 Å². The van der Waals surface area contributed by atoms with E-state index in [2.05, 4.69) is 15.3 Å². The molecule has 0 saturated heterocycles. The molecule has 0 aliphatic rings. The number of nitrogens with zero attached hydrogens (tertiary/aromatic N) is 3. The van der Waals surface area contributed by atoms with Gasteiger partial charge in [-0.2, -0.15) is 0 Å². The van der Waals surface area contributed by atoms with Gasteiger partial charge in [-0.15, -0.1) is 0 Å². The largest absolute Gasteiger partial charge is 0.348 e. The Morgan fingerprint density at radius 1 is 1.21 bits per heavy atom. The number of hydrogen-bond donors (Lipinski definition) is 1. The van der Waals surface area contributed by atoms with Gasteiger partial charge in [0.2, 0.25) is 5.91 Å². The first-order valence-electron chi connectivity index (χ1n) is 7.68. The molecule has 0 unspecified atom stereocenters. The number of hydrogen-bond acceptors (Lipinski definition) is 3. The molecule has 0 fully saturated rings. The van der Waals surface area contributed by atoms with Crippen molar-refractivity contribution in [1.82, 2.24) is 19.9 Å². The summed E-state index contributed by atoms with van der Waals surface area (Å²) in [6.07, 6.45) is 10.4. The van der Waals surface area contributed by atoms with Crippen molar-refractivity contribution in [1.29, 1.82) is 0 Å². The second kappa shape index (κ2) is 7.37. The predicted molar refractivity (Wildman–Crippen MR) is 93.4 cm³/mol. The molecule has 5 nitrogen and oxygen atoms in total. The Bertz CT molecular complexity index is 853.